The summed E-state index contributed by atoms with van der Waals surface area (Å²) in [4.78, 5) is 4.74. The van der Waals surface area contributed by atoms with E-state index in [0.717, 1.165) is 18.7 Å². The van der Waals surface area contributed by atoms with E-state index in [9.17, 15) is 0 Å². The quantitative estimate of drug-likeness (QED) is 0.851. The number of hydrogen-bond acceptors (Lipinski definition) is 3. The highest BCUT2D eigenvalue weighted by atomic mass is 35.5. The summed E-state index contributed by atoms with van der Waals surface area (Å²) in [6.07, 6.45) is 2.50. The average Bonchev–Trinajstić information content (AvgIpc) is 2.41. The number of nitriles is 1. The van der Waals surface area contributed by atoms with E-state index >= 15 is 0 Å². The molecular formula is C15H20ClN3. The zero-order chi connectivity index (χ0) is 13.8. The molecule has 0 aliphatic carbocycles. The smallest absolute Gasteiger partial charge is 0.0992 e. The Hall–Kier alpha value is -1.08. The summed E-state index contributed by atoms with van der Waals surface area (Å²) in [7, 11) is 4.33. The van der Waals surface area contributed by atoms with Crippen LogP contribution in [-0.4, -0.2) is 43.0 Å². The van der Waals surface area contributed by atoms with E-state index in [0.29, 0.717) is 16.6 Å². The molecule has 1 aliphatic heterocycles. The topological polar surface area (TPSA) is 30.3 Å². The summed E-state index contributed by atoms with van der Waals surface area (Å²) in [5, 5.41) is 9.53. The number of nitrogens with zero attached hydrogens (tertiary/aromatic N) is 3. The maximum Gasteiger partial charge on any atom is 0.0992 e. The fourth-order valence-electron chi connectivity index (χ4n) is 2.64. The second kappa shape index (κ2) is 6.38. The Labute approximate surface area is 120 Å². The van der Waals surface area contributed by atoms with Gasteiger partial charge < -0.3 is 4.90 Å². The van der Waals surface area contributed by atoms with Crippen LogP contribution in [0.25, 0.3) is 0 Å². The minimum atomic E-state index is 0.588. The van der Waals surface area contributed by atoms with Crippen LogP contribution in [0.15, 0.2) is 18.2 Å². The van der Waals surface area contributed by atoms with E-state index in [1.54, 1.807) is 6.07 Å². The molecule has 19 heavy (non-hydrogen) atoms. The van der Waals surface area contributed by atoms with E-state index in [4.69, 9.17) is 16.9 Å². The van der Waals surface area contributed by atoms with Crippen LogP contribution >= 0.6 is 11.6 Å². The third-order valence-corrected chi connectivity index (χ3v) is 4.18. The van der Waals surface area contributed by atoms with Crippen LogP contribution in [-0.2, 0) is 6.54 Å². The van der Waals surface area contributed by atoms with Crippen molar-refractivity contribution < 1.29 is 0 Å². The van der Waals surface area contributed by atoms with Crippen molar-refractivity contribution in [3.63, 3.8) is 0 Å². The van der Waals surface area contributed by atoms with Crippen molar-refractivity contribution in [1.29, 1.82) is 5.26 Å². The molecule has 0 radical (unpaired) electrons. The van der Waals surface area contributed by atoms with Gasteiger partial charge in [-0.15, -0.1) is 0 Å². The molecule has 4 heteroatoms. The maximum atomic E-state index is 8.84. The summed E-state index contributed by atoms with van der Waals surface area (Å²) in [6.45, 7) is 3.15. The number of rotatable bonds is 3. The molecule has 1 fully saturated rings. The molecule has 2 rings (SSSR count). The number of halogens is 1. The predicted octanol–water partition coefficient (Wildman–Crippen LogP) is 2.74. The summed E-state index contributed by atoms with van der Waals surface area (Å²) in [5.41, 5.74) is 1.71. The number of likely N-dealkylation sites (N-methyl/N-ethyl adjacent to an activating group) is 2. The Kier molecular flexibility index (Phi) is 4.81. The number of likely N-dealkylation sites (tertiary alicyclic amines) is 1. The molecule has 1 heterocycles. The molecule has 1 saturated heterocycles. The van der Waals surface area contributed by atoms with E-state index in [1.165, 1.54) is 19.4 Å². The second-order valence-electron chi connectivity index (χ2n) is 5.39. The van der Waals surface area contributed by atoms with Gasteiger partial charge in [0.15, 0.2) is 0 Å². The van der Waals surface area contributed by atoms with Gasteiger partial charge in [0.25, 0.3) is 0 Å². The molecule has 0 aromatic heterocycles. The highest BCUT2D eigenvalue weighted by Gasteiger charge is 2.21. The van der Waals surface area contributed by atoms with Crippen LogP contribution in [0.5, 0.6) is 0 Å². The molecule has 0 amide bonds. The molecular weight excluding hydrogens is 258 g/mol. The summed E-state index contributed by atoms with van der Waals surface area (Å²) in [6, 6.07) is 8.25. The van der Waals surface area contributed by atoms with Crippen molar-refractivity contribution in [2.75, 3.05) is 27.2 Å². The SMILES string of the molecule is CN1CCCC(N(C)Cc2ccc(C#N)cc2Cl)C1. The molecule has 3 nitrogen and oxygen atoms in total. The summed E-state index contributed by atoms with van der Waals surface area (Å²) >= 11 is 6.23. The van der Waals surface area contributed by atoms with Gasteiger partial charge >= 0.3 is 0 Å². The monoisotopic (exact) mass is 277 g/mol. The van der Waals surface area contributed by atoms with Gasteiger partial charge in [-0.3, -0.25) is 4.90 Å². The normalized spacial score (nSPS) is 20.5. The summed E-state index contributed by atoms with van der Waals surface area (Å²) < 4.78 is 0. The van der Waals surface area contributed by atoms with Crippen LogP contribution in [0.1, 0.15) is 24.0 Å². The molecule has 0 N–H and O–H groups in total. The lowest BCUT2D eigenvalue weighted by Gasteiger charge is -2.36. The van der Waals surface area contributed by atoms with Gasteiger partial charge in [-0.25, -0.2) is 0 Å². The van der Waals surface area contributed by atoms with E-state index in [1.807, 2.05) is 12.1 Å². The minimum absolute atomic E-state index is 0.588. The first-order valence-corrected chi connectivity index (χ1v) is 7.05. The fourth-order valence-corrected chi connectivity index (χ4v) is 2.88. The molecule has 0 spiro atoms. The lowest BCUT2D eigenvalue weighted by molar-refractivity contribution is 0.129. The largest absolute Gasteiger partial charge is 0.305 e. The lowest BCUT2D eigenvalue weighted by atomic mass is 10.0. The van der Waals surface area contributed by atoms with Crippen molar-refractivity contribution >= 4 is 11.6 Å². The molecule has 1 aliphatic rings. The van der Waals surface area contributed by atoms with E-state index in [2.05, 4.69) is 30.0 Å². The van der Waals surface area contributed by atoms with Crippen molar-refractivity contribution in [2.24, 2.45) is 0 Å². The summed E-state index contributed by atoms with van der Waals surface area (Å²) in [5.74, 6) is 0. The first kappa shape index (κ1) is 14.3. The minimum Gasteiger partial charge on any atom is -0.305 e. The number of hydrogen-bond donors (Lipinski definition) is 0. The van der Waals surface area contributed by atoms with Gasteiger partial charge in [0.1, 0.15) is 0 Å². The van der Waals surface area contributed by atoms with Crippen molar-refractivity contribution in [3.8, 4) is 6.07 Å². The van der Waals surface area contributed by atoms with Gasteiger partial charge in [0, 0.05) is 24.2 Å². The number of piperidine rings is 1. The third-order valence-electron chi connectivity index (χ3n) is 3.82. The third kappa shape index (κ3) is 3.70. The Bertz CT molecular complexity index is 481. The molecule has 0 bridgehead atoms. The highest BCUT2D eigenvalue weighted by Crippen LogP contribution is 2.21. The van der Waals surface area contributed by atoms with Crippen LogP contribution in [0.2, 0.25) is 5.02 Å². The van der Waals surface area contributed by atoms with Gasteiger partial charge in [-0.2, -0.15) is 5.26 Å². The van der Waals surface area contributed by atoms with E-state index < -0.39 is 0 Å². The molecule has 1 aromatic carbocycles. The molecule has 0 saturated carbocycles. The van der Waals surface area contributed by atoms with Crippen molar-refractivity contribution in [1.82, 2.24) is 9.80 Å². The average molecular weight is 278 g/mol. The van der Waals surface area contributed by atoms with Crippen LogP contribution < -0.4 is 0 Å². The Balaban J connectivity index is 2.02. The lowest BCUT2D eigenvalue weighted by Crippen LogP contribution is -2.44. The zero-order valence-electron chi connectivity index (χ0n) is 11.6. The van der Waals surface area contributed by atoms with Gasteiger partial charge in [-0.05, 0) is 51.2 Å². The fraction of sp³-hybridized carbons (Fsp3) is 0.533. The maximum absolute atomic E-state index is 8.84. The van der Waals surface area contributed by atoms with Gasteiger partial charge in [-0.1, -0.05) is 17.7 Å². The Morgan fingerprint density at radius 2 is 2.32 bits per heavy atom. The molecule has 1 atom stereocenters. The predicted molar refractivity (Wildman–Crippen MR) is 78.2 cm³/mol. The van der Waals surface area contributed by atoms with Crippen LogP contribution in [0, 0.1) is 11.3 Å². The highest BCUT2D eigenvalue weighted by molar-refractivity contribution is 6.31. The molecule has 102 valence electrons. The number of benzene rings is 1. The Morgan fingerprint density at radius 1 is 1.53 bits per heavy atom. The van der Waals surface area contributed by atoms with Crippen LogP contribution in [0.4, 0.5) is 0 Å². The van der Waals surface area contributed by atoms with Gasteiger partial charge in [0.05, 0.1) is 11.6 Å². The first-order valence-electron chi connectivity index (χ1n) is 6.67. The van der Waals surface area contributed by atoms with E-state index in [-0.39, 0.29) is 0 Å². The zero-order valence-corrected chi connectivity index (χ0v) is 12.3. The first-order chi connectivity index (χ1) is 9.10. The molecule has 1 unspecified atom stereocenters. The van der Waals surface area contributed by atoms with Crippen molar-refractivity contribution in [2.45, 2.75) is 25.4 Å². The Morgan fingerprint density at radius 3 is 2.95 bits per heavy atom. The molecule has 1 aromatic rings. The standard InChI is InChI=1S/C15H20ClN3/c1-18-7-3-4-14(11-18)19(2)10-13-6-5-12(9-17)8-15(13)16/h5-6,8,14H,3-4,7,10-11H2,1-2H3. The van der Waals surface area contributed by atoms with Crippen molar-refractivity contribution in [3.05, 3.63) is 34.3 Å². The van der Waals surface area contributed by atoms with Crippen LogP contribution in [0.3, 0.4) is 0 Å². The second-order valence-corrected chi connectivity index (χ2v) is 5.80. The van der Waals surface area contributed by atoms with Gasteiger partial charge in [0.2, 0.25) is 0 Å².